The van der Waals surface area contributed by atoms with E-state index in [-0.39, 0.29) is 5.54 Å². The van der Waals surface area contributed by atoms with Gasteiger partial charge in [-0.1, -0.05) is 5.10 Å². The predicted octanol–water partition coefficient (Wildman–Crippen LogP) is 2.07. The molecule has 0 bridgehead atoms. The number of rotatable bonds is 6. The molecule has 2 rings (SSSR count). The molecule has 0 spiro atoms. The average Bonchev–Trinajstić information content (AvgIpc) is 2.97. The standard InChI is InChI=1S/C12H19N5OS/c1-12(2,3)15-6-10-16-17-11(18-10)13-5-4-9-7-19-8-14-9/h7-8,15H,4-6H2,1-3H3,(H,13,17). The Morgan fingerprint density at radius 1 is 1.32 bits per heavy atom. The largest absolute Gasteiger partial charge is 0.407 e. The molecule has 0 aliphatic carbocycles. The summed E-state index contributed by atoms with van der Waals surface area (Å²) < 4.78 is 5.48. The van der Waals surface area contributed by atoms with Crippen LogP contribution in [0.15, 0.2) is 15.3 Å². The van der Waals surface area contributed by atoms with Crippen LogP contribution >= 0.6 is 11.3 Å². The van der Waals surface area contributed by atoms with E-state index in [1.165, 1.54) is 0 Å². The summed E-state index contributed by atoms with van der Waals surface area (Å²) in [6.07, 6.45) is 0.849. The Hall–Kier alpha value is -1.47. The zero-order chi connectivity index (χ0) is 13.7. The van der Waals surface area contributed by atoms with Gasteiger partial charge in [-0.3, -0.25) is 0 Å². The van der Waals surface area contributed by atoms with E-state index in [1.807, 2.05) is 10.9 Å². The molecule has 0 saturated carbocycles. The van der Waals surface area contributed by atoms with E-state index in [1.54, 1.807) is 11.3 Å². The summed E-state index contributed by atoms with van der Waals surface area (Å²) in [6.45, 7) is 7.59. The maximum atomic E-state index is 5.48. The van der Waals surface area contributed by atoms with Gasteiger partial charge in [0, 0.05) is 23.9 Å². The number of anilines is 1. The van der Waals surface area contributed by atoms with Crippen LogP contribution in [0.2, 0.25) is 0 Å². The Bertz CT molecular complexity index is 488. The Labute approximate surface area is 116 Å². The fourth-order valence-electron chi connectivity index (χ4n) is 1.40. The third-order valence-electron chi connectivity index (χ3n) is 2.38. The highest BCUT2D eigenvalue weighted by molar-refractivity contribution is 7.07. The molecule has 7 heteroatoms. The topological polar surface area (TPSA) is 75.9 Å². The summed E-state index contributed by atoms with van der Waals surface area (Å²) >= 11 is 1.60. The molecule has 2 aromatic rings. The Kier molecular flexibility index (Phi) is 4.49. The number of nitrogens with one attached hydrogen (secondary N) is 2. The third kappa shape index (κ3) is 4.96. The van der Waals surface area contributed by atoms with Crippen LogP contribution in [0.3, 0.4) is 0 Å². The molecule has 0 fully saturated rings. The summed E-state index contributed by atoms with van der Waals surface area (Å²) in [7, 11) is 0. The molecule has 2 N–H and O–H groups in total. The van der Waals surface area contributed by atoms with Crippen molar-refractivity contribution in [3.63, 3.8) is 0 Å². The molecule has 0 aliphatic heterocycles. The molecule has 0 amide bonds. The highest BCUT2D eigenvalue weighted by Crippen LogP contribution is 2.08. The highest BCUT2D eigenvalue weighted by Gasteiger charge is 2.11. The van der Waals surface area contributed by atoms with Gasteiger partial charge in [-0.25, -0.2) is 4.98 Å². The first-order valence-corrected chi connectivity index (χ1v) is 7.15. The number of hydrogen-bond donors (Lipinski definition) is 2. The third-order valence-corrected chi connectivity index (χ3v) is 3.01. The first-order valence-electron chi connectivity index (χ1n) is 6.21. The first-order chi connectivity index (χ1) is 9.03. The van der Waals surface area contributed by atoms with Crippen molar-refractivity contribution < 1.29 is 4.42 Å². The molecule has 6 nitrogen and oxygen atoms in total. The molecular formula is C12H19N5OS. The quantitative estimate of drug-likeness (QED) is 0.844. The van der Waals surface area contributed by atoms with Crippen molar-refractivity contribution >= 4 is 17.4 Å². The highest BCUT2D eigenvalue weighted by atomic mass is 32.1. The van der Waals surface area contributed by atoms with E-state index in [0.29, 0.717) is 18.5 Å². The summed E-state index contributed by atoms with van der Waals surface area (Å²) in [5.41, 5.74) is 2.94. The van der Waals surface area contributed by atoms with Crippen molar-refractivity contribution in [1.82, 2.24) is 20.5 Å². The molecule has 0 unspecified atom stereocenters. The van der Waals surface area contributed by atoms with Crippen LogP contribution in [-0.4, -0.2) is 27.3 Å². The van der Waals surface area contributed by atoms with Crippen molar-refractivity contribution in [1.29, 1.82) is 0 Å². The van der Waals surface area contributed by atoms with Gasteiger partial charge in [0.1, 0.15) is 0 Å². The zero-order valence-corrected chi connectivity index (χ0v) is 12.3. The molecule has 2 aromatic heterocycles. The Morgan fingerprint density at radius 2 is 2.16 bits per heavy atom. The minimum atomic E-state index is 0.0344. The second-order valence-corrected chi connectivity index (χ2v) is 5.98. The van der Waals surface area contributed by atoms with Crippen LogP contribution in [-0.2, 0) is 13.0 Å². The molecule has 2 heterocycles. The van der Waals surface area contributed by atoms with Gasteiger partial charge in [-0.2, -0.15) is 0 Å². The van der Waals surface area contributed by atoms with E-state index < -0.39 is 0 Å². The minimum Gasteiger partial charge on any atom is -0.407 e. The van der Waals surface area contributed by atoms with Crippen LogP contribution in [0.4, 0.5) is 6.01 Å². The average molecular weight is 281 g/mol. The van der Waals surface area contributed by atoms with Gasteiger partial charge in [0.05, 0.1) is 17.7 Å². The molecule has 0 aliphatic rings. The maximum Gasteiger partial charge on any atom is 0.315 e. The number of nitrogens with zero attached hydrogens (tertiary/aromatic N) is 3. The van der Waals surface area contributed by atoms with Gasteiger partial charge in [-0.05, 0) is 20.8 Å². The van der Waals surface area contributed by atoms with Crippen molar-refractivity contribution in [2.75, 3.05) is 11.9 Å². The van der Waals surface area contributed by atoms with E-state index >= 15 is 0 Å². The summed E-state index contributed by atoms with van der Waals surface area (Å²) in [4.78, 5) is 4.21. The van der Waals surface area contributed by atoms with Gasteiger partial charge in [0.2, 0.25) is 5.89 Å². The van der Waals surface area contributed by atoms with Gasteiger partial charge < -0.3 is 15.1 Å². The van der Waals surface area contributed by atoms with Crippen LogP contribution in [0.1, 0.15) is 32.4 Å². The van der Waals surface area contributed by atoms with Crippen LogP contribution in [0.25, 0.3) is 0 Å². The second-order valence-electron chi connectivity index (χ2n) is 5.26. The lowest BCUT2D eigenvalue weighted by Gasteiger charge is -2.18. The van der Waals surface area contributed by atoms with Gasteiger partial charge in [0.15, 0.2) is 0 Å². The van der Waals surface area contributed by atoms with Gasteiger partial charge >= 0.3 is 6.01 Å². The molecular weight excluding hydrogens is 262 g/mol. The lowest BCUT2D eigenvalue weighted by Crippen LogP contribution is -2.35. The smallest absolute Gasteiger partial charge is 0.315 e. The summed E-state index contributed by atoms with van der Waals surface area (Å²) in [5, 5.41) is 16.4. The molecule has 0 saturated heterocycles. The van der Waals surface area contributed by atoms with Crippen LogP contribution < -0.4 is 10.6 Å². The van der Waals surface area contributed by atoms with Crippen molar-refractivity contribution in [2.45, 2.75) is 39.3 Å². The minimum absolute atomic E-state index is 0.0344. The van der Waals surface area contributed by atoms with Gasteiger partial charge in [-0.15, -0.1) is 16.4 Å². The number of hydrogen-bond acceptors (Lipinski definition) is 7. The Morgan fingerprint density at radius 3 is 2.84 bits per heavy atom. The molecule has 0 radical (unpaired) electrons. The normalized spacial score (nSPS) is 11.7. The maximum absolute atomic E-state index is 5.48. The summed E-state index contributed by atoms with van der Waals surface area (Å²) in [6, 6.07) is 0.459. The predicted molar refractivity (Wildman–Crippen MR) is 75.2 cm³/mol. The SMILES string of the molecule is CC(C)(C)NCc1nnc(NCCc2cscn2)o1. The van der Waals surface area contributed by atoms with Crippen LogP contribution in [0.5, 0.6) is 0 Å². The molecule has 0 atom stereocenters. The summed E-state index contributed by atoms with van der Waals surface area (Å²) in [5.74, 6) is 0.589. The fraction of sp³-hybridized carbons (Fsp3) is 0.583. The van der Waals surface area contributed by atoms with Crippen molar-refractivity contribution in [3.05, 3.63) is 22.5 Å². The van der Waals surface area contributed by atoms with E-state index in [9.17, 15) is 0 Å². The zero-order valence-electron chi connectivity index (χ0n) is 11.4. The van der Waals surface area contributed by atoms with E-state index in [0.717, 1.165) is 18.7 Å². The number of thiazole rings is 1. The van der Waals surface area contributed by atoms with E-state index in [2.05, 4.69) is 46.6 Å². The number of aromatic nitrogens is 3. The lowest BCUT2D eigenvalue weighted by atomic mass is 10.1. The monoisotopic (exact) mass is 281 g/mol. The van der Waals surface area contributed by atoms with Gasteiger partial charge in [0.25, 0.3) is 0 Å². The molecule has 19 heavy (non-hydrogen) atoms. The van der Waals surface area contributed by atoms with Crippen molar-refractivity contribution in [3.8, 4) is 0 Å². The Balaban J connectivity index is 1.74. The lowest BCUT2D eigenvalue weighted by molar-refractivity contribution is 0.383. The first kappa shape index (κ1) is 14.0. The molecule has 0 aromatic carbocycles. The fourth-order valence-corrected chi connectivity index (χ4v) is 1.99. The van der Waals surface area contributed by atoms with E-state index in [4.69, 9.17) is 4.42 Å². The van der Waals surface area contributed by atoms with Crippen molar-refractivity contribution in [2.24, 2.45) is 0 Å². The second kappa shape index (κ2) is 6.12. The van der Waals surface area contributed by atoms with Crippen LogP contribution in [0, 0.1) is 0 Å². The molecule has 104 valence electrons.